The van der Waals surface area contributed by atoms with Gasteiger partial charge in [-0.05, 0) is 25.0 Å². The van der Waals surface area contributed by atoms with E-state index in [4.69, 9.17) is 16.4 Å². The standard InChI is InChI=1S/C12H12ClN5O2/c13-9-4-3-8-10(16-9)11(15-7-14-8)17-20-12(19)18-5-1-2-6-18/h3-4,7H,1-2,5-6H2,(H,14,15,17). The molecule has 0 bridgehead atoms. The molecule has 1 saturated heterocycles. The number of rotatable bonds is 2. The monoisotopic (exact) mass is 293 g/mol. The van der Waals surface area contributed by atoms with Crippen molar-refractivity contribution < 1.29 is 9.63 Å². The summed E-state index contributed by atoms with van der Waals surface area (Å²) in [5, 5.41) is 0.321. The summed E-state index contributed by atoms with van der Waals surface area (Å²) in [4.78, 5) is 30.6. The molecule has 3 heterocycles. The lowest BCUT2D eigenvalue weighted by atomic mass is 10.3. The molecule has 7 nitrogen and oxygen atoms in total. The Morgan fingerprint density at radius 3 is 2.90 bits per heavy atom. The molecule has 1 aliphatic heterocycles. The van der Waals surface area contributed by atoms with Crippen LogP contribution in [0.1, 0.15) is 12.8 Å². The van der Waals surface area contributed by atoms with Crippen molar-refractivity contribution in [1.82, 2.24) is 19.9 Å². The fourth-order valence-electron chi connectivity index (χ4n) is 2.05. The molecule has 0 aliphatic carbocycles. The maximum atomic E-state index is 11.8. The van der Waals surface area contributed by atoms with Gasteiger partial charge in [0.25, 0.3) is 0 Å². The minimum Gasteiger partial charge on any atom is -0.323 e. The molecule has 1 aliphatic rings. The predicted molar refractivity (Wildman–Crippen MR) is 73.3 cm³/mol. The molecular weight excluding hydrogens is 282 g/mol. The lowest BCUT2D eigenvalue weighted by Gasteiger charge is -2.15. The van der Waals surface area contributed by atoms with Crippen molar-refractivity contribution in [3.05, 3.63) is 23.6 Å². The van der Waals surface area contributed by atoms with Gasteiger partial charge in [0.1, 0.15) is 17.0 Å². The van der Waals surface area contributed by atoms with Crippen molar-refractivity contribution in [2.24, 2.45) is 0 Å². The summed E-state index contributed by atoms with van der Waals surface area (Å²) >= 11 is 5.85. The van der Waals surface area contributed by atoms with Crippen LogP contribution in [0.5, 0.6) is 0 Å². The number of hydrogen-bond acceptors (Lipinski definition) is 6. The Kier molecular flexibility index (Phi) is 3.51. The fourth-order valence-corrected chi connectivity index (χ4v) is 2.19. The van der Waals surface area contributed by atoms with Crippen molar-refractivity contribution in [1.29, 1.82) is 0 Å². The van der Waals surface area contributed by atoms with E-state index in [0.29, 0.717) is 22.0 Å². The van der Waals surface area contributed by atoms with Gasteiger partial charge in [-0.15, -0.1) is 0 Å². The van der Waals surface area contributed by atoms with Gasteiger partial charge in [0, 0.05) is 13.1 Å². The lowest BCUT2D eigenvalue weighted by Crippen LogP contribution is -2.30. The van der Waals surface area contributed by atoms with Crippen LogP contribution in [-0.4, -0.2) is 39.0 Å². The third kappa shape index (κ3) is 2.57. The summed E-state index contributed by atoms with van der Waals surface area (Å²) in [5.74, 6) is 0.310. The second-order valence-corrected chi connectivity index (χ2v) is 4.78. The van der Waals surface area contributed by atoms with Crippen molar-refractivity contribution in [2.75, 3.05) is 18.6 Å². The molecule has 2 aromatic heterocycles. The molecule has 1 fully saturated rings. The number of carbonyl (C=O) groups is 1. The van der Waals surface area contributed by atoms with E-state index < -0.39 is 6.09 Å². The molecule has 0 radical (unpaired) electrons. The highest BCUT2D eigenvalue weighted by Gasteiger charge is 2.20. The molecule has 3 rings (SSSR count). The highest BCUT2D eigenvalue weighted by Crippen LogP contribution is 2.19. The minimum absolute atomic E-state index is 0.310. The van der Waals surface area contributed by atoms with Crippen molar-refractivity contribution in [2.45, 2.75) is 12.8 Å². The molecule has 0 saturated carbocycles. The topological polar surface area (TPSA) is 80.2 Å². The summed E-state index contributed by atoms with van der Waals surface area (Å²) < 4.78 is 0. The van der Waals surface area contributed by atoms with E-state index in [1.54, 1.807) is 17.0 Å². The van der Waals surface area contributed by atoms with E-state index in [-0.39, 0.29) is 0 Å². The second kappa shape index (κ2) is 5.46. The number of likely N-dealkylation sites (tertiary alicyclic amines) is 1. The first-order chi connectivity index (χ1) is 9.74. The molecule has 0 unspecified atom stereocenters. The summed E-state index contributed by atoms with van der Waals surface area (Å²) in [6.45, 7) is 1.43. The first kappa shape index (κ1) is 12.9. The van der Waals surface area contributed by atoms with Gasteiger partial charge in [0.05, 0.1) is 5.52 Å². The predicted octanol–water partition coefficient (Wildman–Crippen LogP) is 2.24. The Bertz CT molecular complexity index is 645. The van der Waals surface area contributed by atoms with E-state index in [1.807, 2.05) is 0 Å². The summed E-state index contributed by atoms with van der Waals surface area (Å²) in [6, 6.07) is 3.36. The maximum Gasteiger partial charge on any atom is 0.434 e. The number of halogens is 1. The van der Waals surface area contributed by atoms with Gasteiger partial charge in [-0.1, -0.05) is 11.6 Å². The Hall–Kier alpha value is -2.15. The zero-order valence-corrected chi connectivity index (χ0v) is 11.3. The number of pyridine rings is 1. The summed E-state index contributed by atoms with van der Waals surface area (Å²) in [7, 11) is 0. The zero-order valence-electron chi connectivity index (χ0n) is 10.5. The van der Waals surface area contributed by atoms with Gasteiger partial charge in [-0.2, -0.15) is 5.48 Å². The van der Waals surface area contributed by atoms with Crippen LogP contribution in [0.15, 0.2) is 18.5 Å². The quantitative estimate of drug-likeness (QED) is 0.675. The lowest BCUT2D eigenvalue weighted by molar-refractivity contribution is 0.131. The number of fused-ring (bicyclic) bond motifs is 1. The molecule has 104 valence electrons. The van der Waals surface area contributed by atoms with Crippen molar-refractivity contribution in [3.63, 3.8) is 0 Å². The average molecular weight is 294 g/mol. The SMILES string of the molecule is O=C(ONc1ncnc2ccc(Cl)nc12)N1CCCC1. The van der Waals surface area contributed by atoms with E-state index in [0.717, 1.165) is 25.9 Å². The fraction of sp³-hybridized carbons (Fsp3) is 0.333. The van der Waals surface area contributed by atoms with Crippen LogP contribution in [0.2, 0.25) is 5.15 Å². The molecule has 0 aromatic carbocycles. The maximum absolute atomic E-state index is 11.8. The van der Waals surface area contributed by atoms with Gasteiger partial charge in [-0.25, -0.2) is 19.7 Å². The van der Waals surface area contributed by atoms with Crippen LogP contribution in [0.25, 0.3) is 11.0 Å². The number of anilines is 1. The molecule has 20 heavy (non-hydrogen) atoms. The smallest absolute Gasteiger partial charge is 0.323 e. The Balaban J connectivity index is 1.77. The Labute approximate surface area is 119 Å². The molecule has 1 N–H and O–H groups in total. The van der Waals surface area contributed by atoms with Gasteiger partial charge < -0.3 is 9.74 Å². The Morgan fingerprint density at radius 2 is 2.10 bits per heavy atom. The van der Waals surface area contributed by atoms with E-state index in [2.05, 4.69) is 20.4 Å². The number of amides is 1. The zero-order chi connectivity index (χ0) is 13.9. The van der Waals surface area contributed by atoms with Crippen LogP contribution < -0.4 is 5.48 Å². The average Bonchev–Trinajstić information content (AvgIpc) is 2.99. The van der Waals surface area contributed by atoms with Gasteiger partial charge in [0.15, 0.2) is 5.82 Å². The van der Waals surface area contributed by atoms with Crippen LogP contribution in [-0.2, 0) is 4.84 Å². The second-order valence-electron chi connectivity index (χ2n) is 4.39. The molecule has 1 amide bonds. The van der Waals surface area contributed by atoms with Crippen LogP contribution >= 0.6 is 11.6 Å². The third-order valence-electron chi connectivity index (χ3n) is 3.05. The van der Waals surface area contributed by atoms with Crippen LogP contribution in [0, 0.1) is 0 Å². The minimum atomic E-state index is -0.420. The van der Waals surface area contributed by atoms with Crippen LogP contribution in [0.4, 0.5) is 10.6 Å². The Morgan fingerprint density at radius 1 is 1.30 bits per heavy atom. The molecule has 2 aromatic rings. The van der Waals surface area contributed by atoms with Crippen molar-refractivity contribution in [3.8, 4) is 0 Å². The highest BCUT2D eigenvalue weighted by molar-refractivity contribution is 6.29. The van der Waals surface area contributed by atoms with Crippen molar-refractivity contribution >= 4 is 34.5 Å². The third-order valence-corrected chi connectivity index (χ3v) is 3.26. The summed E-state index contributed by atoms with van der Waals surface area (Å²) in [5.41, 5.74) is 3.60. The van der Waals surface area contributed by atoms with Gasteiger partial charge in [-0.3, -0.25) is 0 Å². The van der Waals surface area contributed by atoms with E-state index >= 15 is 0 Å². The number of carbonyl (C=O) groups excluding carboxylic acids is 1. The molecule has 8 heteroatoms. The normalized spacial score (nSPS) is 14.6. The van der Waals surface area contributed by atoms with E-state index in [9.17, 15) is 4.79 Å². The molecule has 0 atom stereocenters. The first-order valence-corrected chi connectivity index (χ1v) is 6.61. The number of nitrogens with one attached hydrogen (secondary N) is 1. The molecular formula is C12H12ClN5O2. The van der Waals surface area contributed by atoms with Gasteiger partial charge >= 0.3 is 6.09 Å². The first-order valence-electron chi connectivity index (χ1n) is 6.23. The largest absolute Gasteiger partial charge is 0.434 e. The van der Waals surface area contributed by atoms with Crippen LogP contribution in [0.3, 0.4) is 0 Å². The highest BCUT2D eigenvalue weighted by atomic mass is 35.5. The van der Waals surface area contributed by atoms with E-state index in [1.165, 1.54) is 6.33 Å². The number of aromatic nitrogens is 3. The number of hydrogen-bond donors (Lipinski definition) is 1. The number of nitrogens with zero attached hydrogens (tertiary/aromatic N) is 4. The summed E-state index contributed by atoms with van der Waals surface area (Å²) in [6.07, 6.45) is 2.95. The van der Waals surface area contributed by atoms with Gasteiger partial charge in [0.2, 0.25) is 0 Å². The molecule has 0 spiro atoms.